The van der Waals surface area contributed by atoms with Crippen molar-refractivity contribution >= 4 is 11.4 Å². The summed E-state index contributed by atoms with van der Waals surface area (Å²) in [4.78, 5) is 6.91. The summed E-state index contributed by atoms with van der Waals surface area (Å²) in [5, 5.41) is 0. The van der Waals surface area contributed by atoms with Crippen molar-refractivity contribution in [2.24, 2.45) is 10.7 Å². The highest BCUT2D eigenvalue weighted by Gasteiger charge is 2.16. The van der Waals surface area contributed by atoms with Crippen molar-refractivity contribution in [3.05, 3.63) is 36.0 Å². The van der Waals surface area contributed by atoms with Crippen molar-refractivity contribution in [2.75, 3.05) is 27.2 Å². The van der Waals surface area contributed by atoms with Crippen molar-refractivity contribution < 1.29 is 4.74 Å². The average molecular weight is 245 g/mol. The van der Waals surface area contributed by atoms with Crippen LogP contribution >= 0.6 is 0 Å². The number of likely N-dealkylation sites (tertiary alicyclic amines) is 1. The standard InChI is InChI=1S/C14H19N3O/c1-17-8-7-14(11(9-15)10-17)16-12-3-5-13(18-2)6-4-12/h3-6,9H,7-8,10,15H2,1-2H3. The molecule has 0 saturated carbocycles. The summed E-state index contributed by atoms with van der Waals surface area (Å²) >= 11 is 0. The van der Waals surface area contributed by atoms with Gasteiger partial charge in [-0.25, -0.2) is 0 Å². The zero-order chi connectivity index (χ0) is 13.0. The summed E-state index contributed by atoms with van der Waals surface area (Å²) in [6.45, 7) is 1.89. The highest BCUT2D eigenvalue weighted by molar-refractivity contribution is 6.02. The number of benzene rings is 1. The molecule has 1 aliphatic rings. The topological polar surface area (TPSA) is 50.8 Å². The molecule has 1 aliphatic heterocycles. The third kappa shape index (κ3) is 2.90. The second-order valence-corrected chi connectivity index (χ2v) is 4.44. The van der Waals surface area contributed by atoms with Gasteiger partial charge in [0.05, 0.1) is 12.8 Å². The van der Waals surface area contributed by atoms with Gasteiger partial charge in [0.15, 0.2) is 0 Å². The van der Waals surface area contributed by atoms with E-state index in [0.717, 1.165) is 42.2 Å². The Morgan fingerprint density at radius 1 is 1.33 bits per heavy atom. The molecule has 1 saturated heterocycles. The van der Waals surface area contributed by atoms with E-state index in [4.69, 9.17) is 10.5 Å². The number of ether oxygens (including phenoxy) is 1. The molecule has 0 spiro atoms. The maximum Gasteiger partial charge on any atom is 0.119 e. The summed E-state index contributed by atoms with van der Waals surface area (Å²) < 4.78 is 5.13. The van der Waals surface area contributed by atoms with Crippen molar-refractivity contribution in [1.82, 2.24) is 4.90 Å². The molecule has 18 heavy (non-hydrogen) atoms. The molecule has 1 heterocycles. The minimum atomic E-state index is 0.844. The monoisotopic (exact) mass is 245 g/mol. The number of rotatable bonds is 2. The van der Waals surface area contributed by atoms with Crippen molar-refractivity contribution in [3.8, 4) is 5.75 Å². The molecule has 2 N–H and O–H groups in total. The van der Waals surface area contributed by atoms with Crippen molar-refractivity contribution in [3.63, 3.8) is 0 Å². The largest absolute Gasteiger partial charge is 0.497 e. The molecule has 2 rings (SSSR count). The minimum Gasteiger partial charge on any atom is -0.497 e. The number of likely N-dealkylation sites (N-methyl/N-ethyl adjacent to an activating group) is 1. The molecule has 1 aromatic carbocycles. The lowest BCUT2D eigenvalue weighted by Gasteiger charge is -2.25. The smallest absolute Gasteiger partial charge is 0.119 e. The molecule has 1 fully saturated rings. The number of nitrogens with zero attached hydrogens (tertiary/aromatic N) is 2. The van der Waals surface area contributed by atoms with Crippen LogP contribution < -0.4 is 10.5 Å². The Morgan fingerprint density at radius 2 is 2.06 bits per heavy atom. The molecule has 0 radical (unpaired) electrons. The summed E-state index contributed by atoms with van der Waals surface area (Å²) in [6, 6.07) is 7.75. The Kier molecular flexibility index (Phi) is 3.99. The third-order valence-corrected chi connectivity index (χ3v) is 3.08. The van der Waals surface area contributed by atoms with Gasteiger partial charge in [0.25, 0.3) is 0 Å². The van der Waals surface area contributed by atoms with Gasteiger partial charge in [0.2, 0.25) is 0 Å². The van der Waals surface area contributed by atoms with Crippen LogP contribution in [-0.2, 0) is 0 Å². The van der Waals surface area contributed by atoms with Gasteiger partial charge in [-0.2, -0.15) is 0 Å². The Balaban J connectivity index is 2.20. The number of piperidine rings is 1. The average Bonchev–Trinajstić information content (AvgIpc) is 2.41. The van der Waals surface area contributed by atoms with E-state index in [1.807, 2.05) is 24.3 Å². The molecule has 4 heteroatoms. The van der Waals surface area contributed by atoms with Gasteiger partial charge in [-0.15, -0.1) is 0 Å². The fourth-order valence-electron chi connectivity index (χ4n) is 2.01. The van der Waals surface area contributed by atoms with Gasteiger partial charge >= 0.3 is 0 Å². The van der Waals surface area contributed by atoms with Crippen molar-refractivity contribution in [2.45, 2.75) is 6.42 Å². The van der Waals surface area contributed by atoms with E-state index in [1.54, 1.807) is 13.3 Å². The Morgan fingerprint density at radius 3 is 2.67 bits per heavy atom. The molecule has 0 aromatic heterocycles. The van der Waals surface area contributed by atoms with Crippen LogP contribution in [0.5, 0.6) is 5.75 Å². The zero-order valence-corrected chi connectivity index (χ0v) is 10.9. The number of hydrogen-bond donors (Lipinski definition) is 1. The predicted molar refractivity (Wildman–Crippen MR) is 74.5 cm³/mol. The quantitative estimate of drug-likeness (QED) is 0.866. The van der Waals surface area contributed by atoms with Crippen LogP contribution in [0.4, 0.5) is 5.69 Å². The van der Waals surface area contributed by atoms with Crippen LogP contribution in [0.25, 0.3) is 0 Å². The lowest BCUT2D eigenvalue weighted by molar-refractivity contribution is 0.365. The number of aliphatic imine (C=N–C) groups is 1. The van der Waals surface area contributed by atoms with Crippen LogP contribution in [0.3, 0.4) is 0 Å². The first-order valence-corrected chi connectivity index (χ1v) is 6.04. The van der Waals surface area contributed by atoms with Crippen molar-refractivity contribution in [1.29, 1.82) is 0 Å². The van der Waals surface area contributed by atoms with E-state index in [9.17, 15) is 0 Å². The maximum atomic E-state index is 5.67. The van der Waals surface area contributed by atoms with E-state index in [0.29, 0.717) is 0 Å². The third-order valence-electron chi connectivity index (χ3n) is 3.08. The predicted octanol–water partition coefficient (Wildman–Crippen LogP) is 1.95. The highest BCUT2D eigenvalue weighted by atomic mass is 16.5. The molecule has 4 nitrogen and oxygen atoms in total. The first-order valence-electron chi connectivity index (χ1n) is 6.04. The molecule has 0 atom stereocenters. The molecule has 0 unspecified atom stereocenters. The fraction of sp³-hybridized carbons (Fsp3) is 0.357. The van der Waals surface area contributed by atoms with Crippen LogP contribution in [0.15, 0.2) is 41.0 Å². The molecular formula is C14H19N3O. The van der Waals surface area contributed by atoms with Crippen LogP contribution in [0.2, 0.25) is 0 Å². The second kappa shape index (κ2) is 5.69. The van der Waals surface area contributed by atoms with Gasteiger partial charge in [-0.1, -0.05) is 0 Å². The van der Waals surface area contributed by atoms with E-state index < -0.39 is 0 Å². The zero-order valence-electron chi connectivity index (χ0n) is 10.9. The van der Waals surface area contributed by atoms with E-state index in [2.05, 4.69) is 16.9 Å². The minimum absolute atomic E-state index is 0.844. The molecule has 0 bridgehead atoms. The second-order valence-electron chi connectivity index (χ2n) is 4.44. The SMILES string of the molecule is COc1ccc(N=C2CCN(C)CC2=CN)cc1. The van der Waals surface area contributed by atoms with Crippen LogP contribution in [0, 0.1) is 0 Å². The van der Waals surface area contributed by atoms with Gasteiger partial charge in [0, 0.05) is 37.0 Å². The molecular weight excluding hydrogens is 226 g/mol. The highest BCUT2D eigenvalue weighted by Crippen LogP contribution is 2.21. The maximum absolute atomic E-state index is 5.67. The van der Waals surface area contributed by atoms with Gasteiger partial charge in [-0.05, 0) is 31.3 Å². The molecule has 1 aromatic rings. The first-order chi connectivity index (χ1) is 8.72. The molecule has 0 amide bonds. The lowest BCUT2D eigenvalue weighted by atomic mass is 10.0. The van der Waals surface area contributed by atoms with Gasteiger partial charge < -0.3 is 15.4 Å². The van der Waals surface area contributed by atoms with Crippen LogP contribution in [-0.4, -0.2) is 37.9 Å². The summed E-state index contributed by atoms with van der Waals surface area (Å²) in [6.07, 6.45) is 2.60. The fourth-order valence-corrected chi connectivity index (χ4v) is 2.01. The number of methoxy groups -OCH3 is 1. The summed E-state index contributed by atoms with van der Waals surface area (Å²) in [7, 11) is 3.75. The molecule has 0 aliphatic carbocycles. The molecule has 96 valence electrons. The number of nitrogens with two attached hydrogens (primary N) is 1. The normalized spacial score (nSPS) is 21.4. The van der Waals surface area contributed by atoms with Gasteiger partial charge in [0.1, 0.15) is 5.75 Å². The Hall–Kier alpha value is -1.81. The summed E-state index contributed by atoms with van der Waals surface area (Å²) in [5.41, 5.74) is 8.80. The Labute approximate surface area is 108 Å². The van der Waals surface area contributed by atoms with E-state index >= 15 is 0 Å². The van der Waals surface area contributed by atoms with E-state index in [1.165, 1.54) is 0 Å². The van der Waals surface area contributed by atoms with Crippen LogP contribution in [0.1, 0.15) is 6.42 Å². The first kappa shape index (κ1) is 12.6. The van der Waals surface area contributed by atoms with Gasteiger partial charge in [-0.3, -0.25) is 4.99 Å². The summed E-state index contributed by atoms with van der Waals surface area (Å²) in [5.74, 6) is 0.844. The lowest BCUT2D eigenvalue weighted by Crippen LogP contribution is -2.33. The number of hydrogen-bond acceptors (Lipinski definition) is 4. The van der Waals surface area contributed by atoms with E-state index in [-0.39, 0.29) is 0 Å². The Bertz CT molecular complexity index is 462.